The molecule has 16 heavy (non-hydrogen) atoms. The summed E-state index contributed by atoms with van der Waals surface area (Å²) in [6, 6.07) is -0.0439. The van der Waals surface area contributed by atoms with Crippen LogP contribution in [0.5, 0.6) is 0 Å². The Balaban J connectivity index is 0.00000225. The van der Waals surface area contributed by atoms with Crippen molar-refractivity contribution in [3.8, 4) is 0 Å². The maximum Gasteiger partial charge on any atom is 0.279 e. The van der Waals surface area contributed by atoms with E-state index in [1.807, 2.05) is 13.8 Å². The van der Waals surface area contributed by atoms with E-state index in [-0.39, 0.29) is 24.0 Å². The third kappa shape index (κ3) is 3.85. The molecule has 0 aromatic carbocycles. The van der Waals surface area contributed by atoms with Gasteiger partial charge in [-0.15, -0.1) is 12.4 Å². The van der Waals surface area contributed by atoms with Crippen molar-refractivity contribution in [3.05, 3.63) is 0 Å². The molecule has 1 fully saturated rings. The highest BCUT2D eigenvalue weighted by Gasteiger charge is 2.34. The first kappa shape index (κ1) is 16.1. The van der Waals surface area contributed by atoms with Gasteiger partial charge >= 0.3 is 0 Å². The lowest BCUT2D eigenvalue weighted by Gasteiger charge is -2.38. The Hall–Kier alpha value is 0.120. The van der Waals surface area contributed by atoms with E-state index in [9.17, 15) is 8.42 Å². The second-order valence-corrected chi connectivity index (χ2v) is 6.47. The van der Waals surface area contributed by atoms with Crippen LogP contribution in [0.15, 0.2) is 0 Å². The highest BCUT2D eigenvalue weighted by atomic mass is 35.5. The summed E-state index contributed by atoms with van der Waals surface area (Å²) in [6.45, 7) is 4.01. The smallest absolute Gasteiger partial charge is 0.279 e. The van der Waals surface area contributed by atoms with Crippen LogP contribution in [0.2, 0.25) is 0 Å². The van der Waals surface area contributed by atoms with Crippen molar-refractivity contribution in [2.75, 3.05) is 13.6 Å². The largest absolute Gasteiger partial charge is 0.324 e. The van der Waals surface area contributed by atoms with Crippen LogP contribution in [0.4, 0.5) is 0 Å². The lowest BCUT2D eigenvalue weighted by atomic mass is 9.78. The van der Waals surface area contributed by atoms with Gasteiger partial charge in [-0.05, 0) is 33.1 Å². The van der Waals surface area contributed by atoms with E-state index in [2.05, 4.69) is 4.72 Å². The van der Waals surface area contributed by atoms with Crippen molar-refractivity contribution in [1.29, 1.82) is 0 Å². The van der Waals surface area contributed by atoms with E-state index >= 15 is 0 Å². The van der Waals surface area contributed by atoms with Crippen molar-refractivity contribution in [2.45, 2.75) is 44.7 Å². The van der Waals surface area contributed by atoms with Gasteiger partial charge in [0.25, 0.3) is 10.2 Å². The molecule has 0 spiro atoms. The fourth-order valence-corrected chi connectivity index (χ4v) is 2.65. The highest BCUT2D eigenvalue weighted by molar-refractivity contribution is 7.87. The number of halogens is 1. The third-order valence-corrected chi connectivity index (χ3v) is 4.75. The van der Waals surface area contributed by atoms with Crippen molar-refractivity contribution >= 4 is 22.6 Å². The van der Waals surface area contributed by atoms with Gasteiger partial charge in [0.05, 0.1) is 0 Å². The monoisotopic (exact) mass is 271 g/mol. The first-order valence-corrected chi connectivity index (χ1v) is 6.72. The summed E-state index contributed by atoms with van der Waals surface area (Å²) in [6.07, 6.45) is 2.90. The number of nitrogens with zero attached hydrogens (tertiary/aromatic N) is 1. The minimum atomic E-state index is -3.37. The molecule has 1 rings (SSSR count). The molecule has 0 amide bonds. The number of rotatable bonds is 5. The maximum atomic E-state index is 11.7. The first-order chi connectivity index (χ1) is 6.77. The zero-order valence-electron chi connectivity index (χ0n) is 10.1. The fourth-order valence-electron chi connectivity index (χ4n) is 1.42. The van der Waals surface area contributed by atoms with Crippen LogP contribution < -0.4 is 10.5 Å². The molecule has 5 nitrogen and oxygen atoms in total. The fraction of sp³-hybridized carbons (Fsp3) is 1.00. The summed E-state index contributed by atoms with van der Waals surface area (Å²) < 4.78 is 27.3. The summed E-state index contributed by atoms with van der Waals surface area (Å²) in [5, 5.41) is 0. The van der Waals surface area contributed by atoms with Gasteiger partial charge in [-0.25, -0.2) is 4.72 Å². The number of hydrogen-bond donors (Lipinski definition) is 2. The van der Waals surface area contributed by atoms with Crippen LogP contribution in [-0.4, -0.2) is 37.9 Å². The standard InChI is InChI=1S/C9H21N3O2S.ClH/c1-8(2)12(3)15(13,14)11-7-9(10)5-4-6-9;/h8,11H,4-7,10H2,1-3H3;1H. The van der Waals surface area contributed by atoms with E-state index in [1.165, 1.54) is 4.31 Å². The molecular formula is C9H22ClN3O2S. The van der Waals surface area contributed by atoms with Crippen LogP contribution in [0.3, 0.4) is 0 Å². The summed E-state index contributed by atoms with van der Waals surface area (Å²) in [5.41, 5.74) is 5.63. The van der Waals surface area contributed by atoms with E-state index in [4.69, 9.17) is 5.73 Å². The normalized spacial score (nSPS) is 19.4. The molecule has 0 unspecified atom stereocenters. The van der Waals surface area contributed by atoms with E-state index in [0.29, 0.717) is 6.54 Å². The molecule has 0 aromatic rings. The van der Waals surface area contributed by atoms with Gasteiger partial charge in [0, 0.05) is 25.2 Å². The van der Waals surface area contributed by atoms with Gasteiger partial charge < -0.3 is 5.73 Å². The molecule has 1 saturated carbocycles. The van der Waals surface area contributed by atoms with E-state index < -0.39 is 10.2 Å². The molecule has 0 bridgehead atoms. The van der Waals surface area contributed by atoms with Crippen LogP contribution in [-0.2, 0) is 10.2 Å². The summed E-state index contributed by atoms with van der Waals surface area (Å²) in [4.78, 5) is 0. The van der Waals surface area contributed by atoms with Gasteiger partial charge in [0.15, 0.2) is 0 Å². The lowest BCUT2D eigenvalue weighted by Crippen LogP contribution is -2.56. The zero-order valence-corrected chi connectivity index (χ0v) is 11.7. The zero-order chi connectivity index (χ0) is 11.7. The van der Waals surface area contributed by atoms with Crippen molar-refractivity contribution in [2.24, 2.45) is 5.73 Å². The second-order valence-electron chi connectivity index (χ2n) is 4.65. The Morgan fingerprint density at radius 1 is 1.44 bits per heavy atom. The van der Waals surface area contributed by atoms with Gasteiger partial charge in [-0.1, -0.05) is 0 Å². The number of nitrogens with two attached hydrogens (primary N) is 1. The summed E-state index contributed by atoms with van der Waals surface area (Å²) >= 11 is 0. The molecule has 0 aromatic heterocycles. The molecule has 0 saturated heterocycles. The van der Waals surface area contributed by atoms with Crippen molar-refractivity contribution in [3.63, 3.8) is 0 Å². The molecule has 0 radical (unpaired) electrons. The average molecular weight is 272 g/mol. The Labute approximate surface area is 104 Å². The van der Waals surface area contributed by atoms with Crippen molar-refractivity contribution in [1.82, 2.24) is 9.03 Å². The molecule has 3 N–H and O–H groups in total. The van der Waals surface area contributed by atoms with E-state index in [0.717, 1.165) is 19.3 Å². The van der Waals surface area contributed by atoms with Crippen molar-refractivity contribution < 1.29 is 8.42 Å². The Morgan fingerprint density at radius 2 is 1.94 bits per heavy atom. The van der Waals surface area contributed by atoms with E-state index in [1.54, 1.807) is 7.05 Å². The molecule has 98 valence electrons. The molecule has 0 heterocycles. The Bertz CT molecular complexity index is 315. The van der Waals surface area contributed by atoms with Crippen LogP contribution in [0, 0.1) is 0 Å². The SMILES string of the molecule is CC(C)N(C)S(=O)(=O)NCC1(N)CCC1.Cl. The van der Waals surface area contributed by atoms with Crippen LogP contribution in [0.1, 0.15) is 33.1 Å². The molecule has 1 aliphatic rings. The summed E-state index contributed by atoms with van der Waals surface area (Å²) in [5.74, 6) is 0. The minimum Gasteiger partial charge on any atom is -0.324 e. The predicted octanol–water partition coefficient (Wildman–Crippen LogP) is 0.464. The minimum absolute atomic E-state index is 0. The van der Waals surface area contributed by atoms with Gasteiger partial charge in [-0.2, -0.15) is 12.7 Å². The van der Waals surface area contributed by atoms with Gasteiger partial charge in [0.2, 0.25) is 0 Å². The maximum absolute atomic E-state index is 11.7. The Kier molecular flexibility index (Phi) is 5.68. The summed E-state index contributed by atoms with van der Waals surface area (Å²) in [7, 11) is -1.80. The third-order valence-electron chi connectivity index (χ3n) is 3.06. The highest BCUT2D eigenvalue weighted by Crippen LogP contribution is 2.28. The molecular weight excluding hydrogens is 250 g/mol. The molecule has 0 atom stereocenters. The predicted molar refractivity (Wildman–Crippen MR) is 67.8 cm³/mol. The van der Waals surface area contributed by atoms with Gasteiger partial charge in [-0.3, -0.25) is 0 Å². The topological polar surface area (TPSA) is 75.4 Å². The molecule has 7 heteroatoms. The average Bonchev–Trinajstić information content (AvgIpc) is 2.10. The first-order valence-electron chi connectivity index (χ1n) is 5.28. The Morgan fingerprint density at radius 3 is 2.25 bits per heavy atom. The van der Waals surface area contributed by atoms with Crippen LogP contribution in [0.25, 0.3) is 0 Å². The van der Waals surface area contributed by atoms with Gasteiger partial charge in [0.1, 0.15) is 0 Å². The number of hydrogen-bond acceptors (Lipinski definition) is 3. The number of nitrogens with one attached hydrogen (secondary N) is 1. The molecule has 1 aliphatic carbocycles. The second kappa shape index (κ2) is 5.64. The molecule has 0 aliphatic heterocycles. The van der Waals surface area contributed by atoms with Crippen LogP contribution >= 0.6 is 12.4 Å². The lowest BCUT2D eigenvalue weighted by molar-refractivity contribution is 0.248. The quantitative estimate of drug-likeness (QED) is 0.763.